The van der Waals surface area contributed by atoms with E-state index in [9.17, 15) is 0 Å². The van der Waals surface area contributed by atoms with E-state index in [1.54, 1.807) is 0 Å². The van der Waals surface area contributed by atoms with E-state index in [1.807, 2.05) is 19.9 Å². The molecule has 1 aromatic heterocycles. The average molecular weight is 287 g/mol. The third-order valence-corrected chi connectivity index (χ3v) is 3.70. The fraction of sp³-hybridized carbons (Fsp3) is 0.412. The van der Waals surface area contributed by atoms with Gasteiger partial charge >= 0.3 is 0 Å². The van der Waals surface area contributed by atoms with Crippen molar-refractivity contribution in [2.75, 3.05) is 19.8 Å². The van der Waals surface area contributed by atoms with Gasteiger partial charge in [-0.3, -0.25) is 0 Å². The zero-order valence-electron chi connectivity index (χ0n) is 12.7. The normalized spacial score (nSPS) is 15.0. The van der Waals surface area contributed by atoms with Gasteiger partial charge in [-0.05, 0) is 44.2 Å². The van der Waals surface area contributed by atoms with Gasteiger partial charge in [-0.2, -0.15) is 0 Å². The molecule has 1 N–H and O–H groups in total. The number of fused-ring (bicyclic) bond motifs is 1. The highest BCUT2D eigenvalue weighted by Crippen LogP contribution is 2.35. The Bertz CT molecular complexity index is 633. The van der Waals surface area contributed by atoms with Crippen molar-refractivity contribution in [3.05, 3.63) is 46.9 Å². The van der Waals surface area contributed by atoms with Crippen molar-refractivity contribution in [1.82, 2.24) is 5.32 Å². The van der Waals surface area contributed by atoms with Crippen molar-refractivity contribution in [1.29, 1.82) is 0 Å². The van der Waals surface area contributed by atoms with Gasteiger partial charge < -0.3 is 19.2 Å². The standard InChI is InChI=1S/C17H21NO3/c1-4-18-17(14-9-11(2)21-12(14)3)13-5-6-15-16(10-13)20-8-7-19-15/h5-6,9-10,17-18H,4,7-8H2,1-3H3. The van der Waals surface area contributed by atoms with Crippen LogP contribution in [0.25, 0.3) is 0 Å². The largest absolute Gasteiger partial charge is 0.486 e. The summed E-state index contributed by atoms with van der Waals surface area (Å²) in [6, 6.07) is 8.32. The maximum atomic E-state index is 5.69. The van der Waals surface area contributed by atoms with Gasteiger partial charge in [-0.25, -0.2) is 0 Å². The first-order valence-electron chi connectivity index (χ1n) is 7.39. The third-order valence-electron chi connectivity index (χ3n) is 3.70. The Balaban J connectivity index is 1.99. The second-order valence-electron chi connectivity index (χ2n) is 5.26. The molecule has 3 rings (SSSR count). The third kappa shape index (κ3) is 2.76. The van der Waals surface area contributed by atoms with E-state index in [0.29, 0.717) is 13.2 Å². The first kappa shape index (κ1) is 14.0. The first-order chi connectivity index (χ1) is 10.2. The molecular weight excluding hydrogens is 266 g/mol. The molecule has 112 valence electrons. The summed E-state index contributed by atoms with van der Waals surface area (Å²) in [4.78, 5) is 0. The average Bonchev–Trinajstić information content (AvgIpc) is 2.83. The Hall–Kier alpha value is -1.94. The van der Waals surface area contributed by atoms with E-state index in [1.165, 1.54) is 5.56 Å². The number of aryl methyl sites for hydroxylation is 2. The van der Waals surface area contributed by atoms with Crippen LogP contribution < -0.4 is 14.8 Å². The summed E-state index contributed by atoms with van der Waals surface area (Å²) in [6.45, 7) is 8.18. The fourth-order valence-corrected chi connectivity index (χ4v) is 2.79. The summed E-state index contributed by atoms with van der Waals surface area (Å²) >= 11 is 0. The predicted octanol–water partition coefficient (Wildman–Crippen LogP) is 3.37. The molecule has 0 fully saturated rings. The lowest BCUT2D eigenvalue weighted by Gasteiger charge is -2.22. The number of hydrogen-bond donors (Lipinski definition) is 1. The number of hydrogen-bond acceptors (Lipinski definition) is 4. The Morgan fingerprint density at radius 2 is 1.86 bits per heavy atom. The van der Waals surface area contributed by atoms with Crippen LogP contribution >= 0.6 is 0 Å². The summed E-state index contributed by atoms with van der Waals surface area (Å²) in [6.07, 6.45) is 0. The van der Waals surface area contributed by atoms with Crippen LogP contribution in [0.4, 0.5) is 0 Å². The monoisotopic (exact) mass is 287 g/mol. The predicted molar refractivity (Wildman–Crippen MR) is 81.1 cm³/mol. The van der Waals surface area contributed by atoms with Crippen molar-refractivity contribution in [2.24, 2.45) is 0 Å². The minimum Gasteiger partial charge on any atom is -0.486 e. The molecule has 0 saturated carbocycles. The first-order valence-corrected chi connectivity index (χ1v) is 7.39. The molecule has 1 aliphatic rings. The molecule has 0 bridgehead atoms. The Labute approximate surface area is 125 Å². The van der Waals surface area contributed by atoms with Crippen molar-refractivity contribution in [3.63, 3.8) is 0 Å². The number of furan rings is 1. The molecule has 1 aliphatic heterocycles. The van der Waals surface area contributed by atoms with Gasteiger partial charge in [0.15, 0.2) is 11.5 Å². The molecule has 2 heterocycles. The quantitative estimate of drug-likeness (QED) is 0.936. The molecule has 21 heavy (non-hydrogen) atoms. The van der Waals surface area contributed by atoms with Gasteiger partial charge in [-0.15, -0.1) is 0 Å². The lowest BCUT2D eigenvalue weighted by Crippen LogP contribution is -2.23. The molecule has 1 aromatic carbocycles. The van der Waals surface area contributed by atoms with E-state index in [2.05, 4.69) is 30.4 Å². The minimum absolute atomic E-state index is 0.100. The van der Waals surface area contributed by atoms with Crippen LogP contribution in [0.5, 0.6) is 11.5 Å². The number of nitrogens with one attached hydrogen (secondary N) is 1. The smallest absolute Gasteiger partial charge is 0.161 e. The van der Waals surface area contributed by atoms with E-state index in [4.69, 9.17) is 13.9 Å². The van der Waals surface area contributed by atoms with Crippen molar-refractivity contribution < 1.29 is 13.9 Å². The highest BCUT2D eigenvalue weighted by Gasteiger charge is 2.21. The Kier molecular flexibility index (Phi) is 3.88. The van der Waals surface area contributed by atoms with Crippen molar-refractivity contribution in [2.45, 2.75) is 26.8 Å². The zero-order valence-corrected chi connectivity index (χ0v) is 12.7. The van der Waals surface area contributed by atoms with Crippen molar-refractivity contribution in [3.8, 4) is 11.5 Å². The summed E-state index contributed by atoms with van der Waals surface area (Å²) in [5, 5.41) is 3.52. The highest BCUT2D eigenvalue weighted by molar-refractivity contribution is 5.47. The van der Waals surface area contributed by atoms with Gasteiger partial charge in [-0.1, -0.05) is 13.0 Å². The second-order valence-corrected chi connectivity index (χ2v) is 5.26. The van der Waals surface area contributed by atoms with E-state index >= 15 is 0 Å². The molecule has 0 spiro atoms. The van der Waals surface area contributed by atoms with Gasteiger partial charge in [0.05, 0.1) is 6.04 Å². The number of benzene rings is 1. The van der Waals surface area contributed by atoms with E-state index < -0.39 is 0 Å². The van der Waals surface area contributed by atoms with Gasteiger partial charge in [0.1, 0.15) is 24.7 Å². The minimum atomic E-state index is 0.100. The van der Waals surface area contributed by atoms with Crippen molar-refractivity contribution >= 4 is 0 Å². The lowest BCUT2D eigenvalue weighted by atomic mass is 9.98. The molecule has 2 aromatic rings. The van der Waals surface area contributed by atoms with Gasteiger partial charge in [0, 0.05) is 5.56 Å². The van der Waals surface area contributed by atoms with E-state index in [-0.39, 0.29) is 6.04 Å². The molecule has 1 atom stereocenters. The molecule has 1 unspecified atom stereocenters. The number of rotatable bonds is 4. The molecule has 4 nitrogen and oxygen atoms in total. The summed E-state index contributed by atoms with van der Waals surface area (Å²) in [7, 11) is 0. The molecule has 0 aliphatic carbocycles. The van der Waals surface area contributed by atoms with Gasteiger partial charge in [0.25, 0.3) is 0 Å². The summed E-state index contributed by atoms with van der Waals surface area (Å²) in [5.41, 5.74) is 2.33. The van der Waals surface area contributed by atoms with Crippen LogP contribution in [0.15, 0.2) is 28.7 Å². The van der Waals surface area contributed by atoms with Gasteiger partial charge in [0.2, 0.25) is 0 Å². The number of ether oxygens (including phenoxy) is 2. The molecular formula is C17H21NO3. The summed E-state index contributed by atoms with van der Waals surface area (Å²) < 4.78 is 17.0. The maximum Gasteiger partial charge on any atom is 0.161 e. The maximum absolute atomic E-state index is 5.69. The topological polar surface area (TPSA) is 43.6 Å². The molecule has 0 saturated heterocycles. The molecule has 0 radical (unpaired) electrons. The van der Waals surface area contributed by atoms with Crippen LogP contribution in [0.1, 0.15) is 35.6 Å². The summed E-state index contributed by atoms with van der Waals surface area (Å²) in [5.74, 6) is 3.52. The lowest BCUT2D eigenvalue weighted by molar-refractivity contribution is 0.171. The Morgan fingerprint density at radius 3 is 2.52 bits per heavy atom. The SMILES string of the molecule is CCNC(c1ccc2c(c1)OCCO2)c1cc(C)oc1C. The zero-order chi connectivity index (χ0) is 14.8. The highest BCUT2D eigenvalue weighted by atomic mass is 16.6. The van der Waals surface area contributed by atoms with Crippen LogP contribution in [-0.2, 0) is 0 Å². The molecule has 0 amide bonds. The van der Waals surface area contributed by atoms with Crippen LogP contribution in [-0.4, -0.2) is 19.8 Å². The van der Waals surface area contributed by atoms with Crippen LogP contribution in [0.2, 0.25) is 0 Å². The fourth-order valence-electron chi connectivity index (χ4n) is 2.79. The van der Waals surface area contributed by atoms with Crippen LogP contribution in [0.3, 0.4) is 0 Å². The Morgan fingerprint density at radius 1 is 1.10 bits per heavy atom. The van der Waals surface area contributed by atoms with E-state index in [0.717, 1.165) is 35.1 Å². The molecule has 4 heteroatoms. The second kappa shape index (κ2) is 5.82. The van der Waals surface area contributed by atoms with Crippen LogP contribution in [0, 0.1) is 13.8 Å².